The molecule has 8 heteroatoms. The fourth-order valence-corrected chi connectivity index (χ4v) is 3.22. The van der Waals surface area contributed by atoms with Crippen LogP contribution in [0, 0.1) is 12.3 Å². The van der Waals surface area contributed by atoms with Gasteiger partial charge in [-0.15, -0.1) is 0 Å². The van der Waals surface area contributed by atoms with Gasteiger partial charge >= 0.3 is 0 Å². The summed E-state index contributed by atoms with van der Waals surface area (Å²) < 4.78 is 0. The van der Waals surface area contributed by atoms with E-state index in [9.17, 15) is 9.59 Å². The lowest BCUT2D eigenvalue weighted by molar-refractivity contribution is -0.114. The van der Waals surface area contributed by atoms with Gasteiger partial charge in [0.25, 0.3) is 5.91 Å². The van der Waals surface area contributed by atoms with Crippen molar-refractivity contribution in [2.75, 3.05) is 35.8 Å². The fourth-order valence-electron chi connectivity index (χ4n) is 3.22. The number of rotatable bonds is 7. The number of nitrogens with two attached hydrogens (primary N) is 1. The number of aromatic nitrogens is 1. The van der Waals surface area contributed by atoms with Gasteiger partial charge in [-0.3, -0.25) is 19.9 Å². The number of anilines is 3. The summed E-state index contributed by atoms with van der Waals surface area (Å²) >= 11 is 0. The van der Waals surface area contributed by atoms with Crippen molar-refractivity contribution in [2.24, 2.45) is 5.73 Å². The Labute approximate surface area is 187 Å². The third kappa shape index (κ3) is 5.28. The first-order chi connectivity index (χ1) is 15.3. The molecular weight excluding hydrogens is 404 g/mol. The van der Waals surface area contributed by atoms with Gasteiger partial charge in [-0.25, -0.2) is 4.98 Å². The minimum atomic E-state index is -0.188. The third-order valence-electron chi connectivity index (χ3n) is 5.04. The summed E-state index contributed by atoms with van der Waals surface area (Å²) in [4.78, 5) is 32.8. The van der Waals surface area contributed by atoms with Crippen LogP contribution in [0.5, 0.6) is 0 Å². The lowest BCUT2D eigenvalue weighted by atomic mass is 10.1. The molecule has 4 N–H and O–H groups in total. The van der Waals surface area contributed by atoms with Gasteiger partial charge in [-0.1, -0.05) is 6.07 Å². The van der Waals surface area contributed by atoms with Gasteiger partial charge in [0.15, 0.2) is 0 Å². The highest BCUT2D eigenvalue weighted by atomic mass is 16.2. The number of aryl methyl sites for hydroxylation is 1. The predicted octanol–water partition coefficient (Wildman–Crippen LogP) is 3.03. The molecule has 0 spiro atoms. The molecule has 2 amide bonds. The van der Waals surface area contributed by atoms with Gasteiger partial charge in [-0.05, 0) is 67.1 Å². The van der Waals surface area contributed by atoms with Crippen molar-refractivity contribution in [3.63, 3.8) is 0 Å². The van der Waals surface area contributed by atoms with Crippen LogP contribution in [0.25, 0.3) is 0 Å². The molecule has 164 valence electrons. The van der Waals surface area contributed by atoms with Crippen LogP contribution in [0.4, 0.5) is 17.2 Å². The van der Waals surface area contributed by atoms with E-state index in [0.717, 1.165) is 11.3 Å². The van der Waals surface area contributed by atoms with E-state index >= 15 is 0 Å². The molecule has 0 unspecified atom stereocenters. The summed E-state index contributed by atoms with van der Waals surface area (Å²) in [7, 11) is 3.49. The third-order valence-corrected chi connectivity index (χ3v) is 5.04. The molecule has 8 nitrogen and oxygen atoms in total. The van der Waals surface area contributed by atoms with Crippen molar-refractivity contribution in [1.29, 1.82) is 5.41 Å². The van der Waals surface area contributed by atoms with Crippen LogP contribution in [-0.4, -0.2) is 43.3 Å². The summed E-state index contributed by atoms with van der Waals surface area (Å²) in [5.41, 5.74) is 8.85. The number of hydrogen-bond acceptors (Lipinski definition) is 5. The number of nitrogen functional groups attached to an aromatic ring is 1. The summed E-state index contributed by atoms with van der Waals surface area (Å²) in [6, 6.07) is 17.7. The zero-order valence-corrected chi connectivity index (χ0v) is 18.3. The Morgan fingerprint density at radius 3 is 2.38 bits per heavy atom. The van der Waals surface area contributed by atoms with Crippen molar-refractivity contribution in [3.05, 3.63) is 83.6 Å². The maximum atomic E-state index is 12.8. The summed E-state index contributed by atoms with van der Waals surface area (Å²) in [5, 5.41) is 10.3. The summed E-state index contributed by atoms with van der Waals surface area (Å²) in [6.45, 7) is 1.97. The van der Waals surface area contributed by atoms with Crippen LogP contribution >= 0.6 is 0 Å². The molecule has 32 heavy (non-hydrogen) atoms. The number of carbonyl (C=O) groups is 2. The lowest BCUT2D eigenvalue weighted by Crippen LogP contribution is -2.30. The van der Waals surface area contributed by atoms with Crippen LogP contribution in [0.3, 0.4) is 0 Å². The number of hydrogen-bond donors (Lipinski definition) is 3. The van der Waals surface area contributed by atoms with E-state index < -0.39 is 0 Å². The van der Waals surface area contributed by atoms with E-state index in [1.807, 2.05) is 32.2 Å². The zero-order valence-electron chi connectivity index (χ0n) is 18.3. The molecule has 2 aromatic carbocycles. The average Bonchev–Trinajstić information content (AvgIpc) is 2.78. The highest BCUT2D eigenvalue weighted by Crippen LogP contribution is 2.19. The quantitative estimate of drug-likeness (QED) is 0.394. The molecular formula is C24H26N6O2. The van der Waals surface area contributed by atoms with Crippen LogP contribution in [0.2, 0.25) is 0 Å². The molecule has 1 aromatic heterocycles. The van der Waals surface area contributed by atoms with Gasteiger partial charge < -0.3 is 16.0 Å². The molecule has 3 rings (SSSR count). The Morgan fingerprint density at radius 1 is 1.06 bits per heavy atom. The van der Waals surface area contributed by atoms with Gasteiger partial charge in [-0.2, -0.15) is 0 Å². The highest BCUT2D eigenvalue weighted by Gasteiger charge is 2.17. The maximum Gasteiger partial charge on any atom is 0.259 e. The van der Waals surface area contributed by atoms with Crippen LogP contribution in [0.15, 0.2) is 66.9 Å². The molecule has 1 heterocycles. The lowest BCUT2D eigenvalue weighted by Gasteiger charge is -2.20. The predicted molar refractivity (Wildman–Crippen MR) is 128 cm³/mol. The van der Waals surface area contributed by atoms with E-state index in [2.05, 4.69) is 10.3 Å². The Hall–Kier alpha value is -4.20. The molecule has 0 fully saturated rings. The zero-order chi connectivity index (χ0) is 23.3. The van der Waals surface area contributed by atoms with Crippen molar-refractivity contribution < 1.29 is 9.59 Å². The van der Waals surface area contributed by atoms with Crippen molar-refractivity contribution in [1.82, 2.24) is 4.98 Å². The molecule has 0 aliphatic heterocycles. The second kappa shape index (κ2) is 9.74. The second-order valence-corrected chi connectivity index (χ2v) is 7.45. The van der Waals surface area contributed by atoms with Crippen molar-refractivity contribution in [3.8, 4) is 0 Å². The van der Waals surface area contributed by atoms with Gasteiger partial charge in [0.2, 0.25) is 5.91 Å². The standard InChI is InChI=1S/C24H26N6O2/c1-16-14-18(9-12-20(16)24(32)30(3)21-6-4-5-13-27-21)28-22(31)15-29(2)19-10-7-17(8-11-19)23(25)26/h4-14H,15H2,1-3H3,(H3,25,26)(H,28,31). The largest absolute Gasteiger partial charge is 0.384 e. The number of pyridine rings is 1. The minimum absolute atomic E-state index is 0.000435. The monoisotopic (exact) mass is 430 g/mol. The number of benzene rings is 2. The molecule has 0 bridgehead atoms. The Bertz CT molecular complexity index is 1130. The number of nitrogens with one attached hydrogen (secondary N) is 2. The van der Waals surface area contributed by atoms with Crippen molar-refractivity contribution in [2.45, 2.75) is 6.92 Å². The molecule has 0 aliphatic rings. The molecule has 0 saturated carbocycles. The Morgan fingerprint density at radius 2 is 1.78 bits per heavy atom. The number of amides is 2. The molecule has 0 saturated heterocycles. The minimum Gasteiger partial charge on any atom is -0.384 e. The van der Waals surface area contributed by atoms with E-state index in [1.165, 1.54) is 4.90 Å². The van der Waals surface area contributed by atoms with Gasteiger partial charge in [0, 0.05) is 42.8 Å². The SMILES string of the molecule is Cc1cc(NC(=O)CN(C)c2ccc(C(=N)N)cc2)ccc1C(=O)N(C)c1ccccn1. The first kappa shape index (κ1) is 22.5. The molecule has 3 aromatic rings. The number of nitrogens with zero attached hydrogens (tertiary/aromatic N) is 3. The second-order valence-electron chi connectivity index (χ2n) is 7.45. The first-order valence-electron chi connectivity index (χ1n) is 10.0. The smallest absolute Gasteiger partial charge is 0.259 e. The maximum absolute atomic E-state index is 12.8. The van der Waals surface area contributed by atoms with Crippen LogP contribution in [0.1, 0.15) is 21.5 Å². The van der Waals surface area contributed by atoms with E-state index in [-0.39, 0.29) is 24.2 Å². The topological polar surface area (TPSA) is 115 Å². The molecule has 0 radical (unpaired) electrons. The van der Waals surface area contributed by atoms with E-state index in [4.69, 9.17) is 11.1 Å². The van der Waals surface area contributed by atoms with Gasteiger partial charge in [0.05, 0.1) is 6.54 Å². The first-order valence-corrected chi connectivity index (χ1v) is 10.0. The Kier molecular flexibility index (Phi) is 6.84. The van der Waals surface area contributed by atoms with Crippen molar-refractivity contribution >= 4 is 34.8 Å². The normalized spacial score (nSPS) is 10.3. The van der Waals surface area contributed by atoms with E-state index in [0.29, 0.717) is 22.6 Å². The summed E-state index contributed by atoms with van der Waals surface area (Å²) in [6.07, 6.45) is 1.64. The summed E-state index contributed by atoms with van der Waals surface area (Å²) in [5.74, 6) is 0.203. The number of likely N-dealkylation sites (N-methyl/N-ethyl adjacent to an activating group) is 1. The number of carbonyl (C=O) groups excluding carboxylic acids is 2. The average molecular weight is 431 g/mol. The van der Waals surface area contributed by atoms with Crippen LogP contribution in [-0.2, 0) is 4.79 Å². The fraction of sp³-hybridized carbons (Fsp3) is 0.167. The van der Waals surface area contributed by atoms with E-state index in [1.54, 1.807) is 60.6 Å². The highest BCUT2D eigenvalue weighted by molar-refractivity contribution is 6.06. The van der Waals surface area contributed by atoms with Crippen LogP contribution < -0.4 is 20.9 Å². The Balaban J connectivity index is 1.64. The molecule has 0 atom stereocenters. The van der Waals surface area contributed by atoms with Gasteiger partial charge in [0.1, 0.15) is 11.7 Å². The number of amidine groups is 1. The molecule has 0 aliphatic carbocycles.